The summed E-state index contributed by atoms with van der Waals surface area (Å²) in [4.78, 5) is 24.4. The van der Waals surface area contributed by atoms with E-state index in [-0.39, 0.29) is 31.1 Å². The van der Waals surface area contributed by atoms with Crippen LogP contribution >= 0.6 is 0 Å². The van der Waals surface area contributed by atoms with E-state index in [1.807, 2.05) is 0 Å². The maximum Gasteiger partial charge on any atom is 0.416 e. The lowest BCUT2D eigenvalue weighted by atomic mass is 10.1. The lowest BCUT2D eigenvalue weighted by molar-refractivity contribution is -0.141. The molecule has 2 N–H and O–H groups in total. The molecule has 1 aromatic carbocycles. The van der Waals surface area contributed by atoms with E-state index in [1.165, 1.54) is 4.90 Å². The molecule has 0 spiro atoms. The first-order valence-electron chi connectivity index (χ1n) is 7.35. The van der Waals surface area contributed by atoms with E-state index < -0.39 is 29.7 Å². The summed E-state index contributed by atoms with van der Waals surface area (Å²) >= 11 is 0. The number of anilines is 1. The Kier molecular flexibility index (Phi) is 5.20. The van der Waals surface area contributed by atoms with Crippen LogP contribution in [0.4, 0.5) is 23.7 Å². The quantitative estimate of drug-likeness (QED) is 0.878. The molecule has 1 fully saturated rings. The summed E-state index contributed by atoms with van der Waals surface area (Å²) in [5.74, 6) is -1.55. The number of alkyl halides is 3. The second-order valence-corrected chi connectivity index (χ2v) is 5.34. The number of urea groups is 1. The number of halogens is 3. The van der Waals surface area contributed by atoms with Crippen LogP contribution in [-0.4, -0.2) is 41.7 Å². The van der Waals surface area contributed by atoms with Crippen LogP contribution in [0.1, 0.15) is 18.9 Å². The predicted octanol–water partition coefficient (Wildman–Crippen LogP) is 3.04. The molecule has 24 heavy (non-hydrogen) atoms. The molecular formula is C15H17F3N2O4. The Bertz CT molecular complexity index is 634. The second kappa shape index (κ2) is 6.98. The summed E-state index contributed by atoms with van der Waals surface area (Å²) in [6.45, 7) is 2.13. The molecule has 1 unspecified atom stereocenters. The lowest BCUT2D eigenvalue weighted by Crippen LogP contribution is -2.34. The van der Waals surface area contributed by atoms with Gasteiger partial charge in [0.05, 0.1) is 23.8 Å². The van der Waals surface area contributed by atoms with E-state index in [0.717, 1.165) is 18.2 Å². The third-order valence-corrected chi connectivity index (χ3v) is 3.67. The Morgan fingerprint density at radius 3 is 2.67 bits per heavy atom. The predicted molar refractivity (Wildman–Crippen MR) is 78.9 cm³/mol. The number of rotatable bonds is 4. The standard InChI is InChI=1S/C15H17F3N2O4/c1-2-24-12-4-3-10(15(16,17)18)7-11(12)19-14(23)20-6-5-9(8-20)13(21)22/h3-4,7,9H,2,5-6,8H2,1H3,(H,19,23)(H,21,22). The minimum absolute atomic E-state index is 0.0180. The summed E-state index contributed by atoms with van der Waals surface area (Å²) in [7, 11) is 0. The highest BCUT2D eigenvalue weighted by molar-refractivity contribution is 5.91. The average Bonchev–Trinajstić information content (AvgIpc) is 2.98. The summed E-state index contributed by atoms with van der Waals surface area (Å²) in [6.07, 6.45) is -4.24. The molecule has 1 aliphatic heterocycles. The Morgan fingerprint density at radius 1 is 1.42 bits per heavy atom. The number of carbonyl (C=O) groups excluding carboxylic acids is 1. The topological polar surface area (TPSA) is 78.9 Å². The van der Waals surface area contributed by atoms with E-state index in [9.17, 15) is 22.8 Å². The van der Waals surface area contributed by atoms with Crippen LogP contribution < -0.4 is 10.1 Å². The molecule has 0 radical (unpaired) electrons. The van der Waals surface area contributed by atoms with Gasteiger partial charge in [0, 0.05) is 13.1 Å². The van der Waals surface area contributed by atoms with Crippen LogP contribution in [-0.2, 0) is 11.0 Å². The summed E-state index contributed by atoms with van der Waals surface area (Å²) in [5.41, 5.74) is -1.01. The average molecular weight is 346 g/mol. The monoisotopic (exact) mass is 346 g/mol. The van der Waals surface area contributed by atoms with Crippen molar-refractivity contribution in [1.82, 2.24) is 4.90 Å². The van der Waals surface area contributed by atoms with Crippen molar-refractivity contribution in [3.8, 4) is 5.75 Å². The van der Waals surface area contributed by atoms with Crippen molar-refractivity contribution in [1.29, 1.82) is 0 Å². The molecule has 1 atom stereocenters. The number of likely N-dealkylation sites (tertiary alicyclic amines) is 1. The van der Waals surface area contributed by atoms with E-state index in [4.69, 9.17) is 9.84 Å². The van der Waals surface area contributed by atoms with Gasteiger partial charge < -0.3 is 20.1 Å². The number of nitrogens with zero attached hydrogens (tertiary/aromatic N) is 1. The van der Waals surface area contributed by atoms with Crippen LogP contribution in [0.5, 0.6) is 5.75 Å². The highest BCUT2D eigenvalue weighted by Gasteiger charge is 2.33. The number of carboxylic acid groups (broad SMARTS) is 1. The Balaban J connectivity index is 2.17. The second-order valence-electron chi connectivity index (χ2n) is 5.34. The number of benzene rings is 1. The van der Waals surface area contributed by atoms with Crippen LogP contribution in [0, 0.1) is 5.92 Å². The minimum atomic E-state index is -4.55. The van der Waals surface area contributed by atoms with E-state index in [2.05, 4.69) is 5.32 Å². The molecule has 2 amide bonds. The van der Waals surface area contributed by atoms with Gasteiger partial charge in [-0.25, -0.2) is 4.79 Å². The Morgan fingerprint density at radius 2 is 2.12 bits per heavy atom. The molecule has 0 bridgehead atoms. The number of hydrogen-bond donors (Lipinski definition) is 2. The van der Waals surface area contributed by atoms with Gasteiger partial charge in [0.1, 0.15) is 5.75 Å². The van der Waals surface area contributed by atoms with Gasteiger partial charge in [-0.1, -0.05) is 0 Å². The SMILES string of the molecule is CCOc1ccc(C(F)(F)F)cc1NC(=O)N1CCC(C(=O)O)C1. The lowest BCUT2D eigenvalue weighted by Gasteiger charge is -2.19. The van der Waals surface area contributed by atoms with Gasteiger partial charge in [0.15, 0.2) is 0 Å². The number of hydrogen-bond acceptors (Lipinski definition) is 3. The van der Waals surface area contributed by atoms with Crippen LogP contribution in [0.2, 0.25) is 0 Å². The van der Waals surface area contributed by atoms with Gasteiger partial charge in [-0.15, -0.1) is 0 Å². The number of amides is 2. The van der Waals surface area contributed by atoms with Crippen molar-refractivity contribution in [3.05, 3.63) is 23.8 Å². The highest BCUT2D eigenvalue weighted by atomic mass is 19.4. The fraction of sp³-hybridized carbons (Fsp3) is 0.467. The Hall–Kier alpha value is -2.45. The number of nitrogens with one attached hydrogen (secondary N) is 1. The third kappa shape index (κ3) is 4.09. The van der Waals surface area contributed by atoms with Crippen molar-refractivity contribution in [2.45, 2.75) is 19.5 Å². The molecule has 2 rings (SSSR count). The maximum absolute atomic E-state index is 12.8. The van der Waals surface area contributed by atoms with E-state index in [0.29, 0.717) is 6.42 Å². The van der Waals surface area contributed by atoms with Crippen LogP contribution in [0.3, 0.4) is 0 Å². The number of ether oxygens (including phenoxy) is 1. The zero-order valence-electron chi connectivity index (χ0n) is 12.9. The van der Waals surface area contributed by atoms with Crippen molar-refractivity contribution in [2.75, 3.05) is 25.0 Å². The smallest absolute Gasteiger partial charge is 0.416 e. The molecule has 1 aromatic rings. The van der Waals surface area contributed by atoms with Crippen molar-refractivity contribution in [3.63, 3.8) is 0 Å². The van der Waals surface area contributed by atoms with Gasteiger partial charge in [0.25, 0.3) is 0 Å². The number of aliphatic carboxylic acids is 1. The normalized spacial score (nSPS) is 17.7. The van der Waals surface area contributed by atoms with Gasteiger partial charge in [-0.3, -0.25) is 4.79 Å². The fourth-order valence-corrected chi connectivity index (χ4v) is 2.43. The molecule has 0 aromatic heterocycles. The van der Waals surface area contributed by atoms with Gasteiger partial charge in [-0.2, -0.15) is 13.2 Å². The van der Waals surface area contributed by atoms with Crippen molar-refractivity contribution >= 4 is 17.7 Å². The molecule has 1 aliphatic rings. The first-order valence-corrected chi connectivity index (χ1v) is 7.35. The van der Waals surface area contributed by atoms with Crippen molar-refractivity contribution in [2.24, 2.45) is 5.92 Å². The zero-order chi connectivity index (χ0) is 17.9. The highest BCUT2D eigenvalue weighted by Crippen LogP contribution is 2.35. The summed E-state index contributed by atoms with van der Waals surface area (Å²) in [6, 6.07) is 2.16. The molecule has 0 aliphatic carbocycles. The number of carboxylic acids is 1. The van der Waals surface area contributed by atoms with Crippen LogP contribution in [0.25, 0.3) is 0 Å². The molecule has 1 heterocycles. The molecule has 1 saturated heterocycles. The largest absolute Gasteiger partial charge is 0.492 e. The van der Waals surface area contributed by atoms with E-state index >= 15 is 0 Å². The maximum atomic E-state index is 12.8. The number of carbonyl (C=O) groups is 2. The molecule has 9 heteroatoms. The zero-order valence-corrected chi connectivity index (χ0v) is 12.9. The first kappa shape index (κ1) is 17.9. The molecule has 6 nitrogen and oxygen atoms in total. The fourth-order valence-electron chi connectivity index (χ4n) is 2.43. The minimum Gasteiger partial charge on any atom is -0.492 e. The molecule has 0 saturated carbocycles. The first-order chi connectivity index (χ1) is 11.2. The van der Waals surface area contributed by atoms with Gasteiger partial charge in [-0.05, 0) is 31.5 Å². The van der Waals surface area contributed by atoms with E-state index in [1.54, 1.807) is 6.92 Å². The third-order valence-electron chi connectivity index (χ3n) is 3.67. The van der Waals surface area contributed by atoms with Crippen molar-refractivity contribution < 1.29 is 32.6 Å². The Labute approximate surface area is 136 Å². The molecular weight excluding hydrogens is 329 g/mol. The summed E-state index contributed by atoms with van der Waals surface area (Å²) < 4.78 is 43.7. The molecule has 132 valence electrons. The summed E-state index contributed by atoms with van der Waals surface area (Å²) in [5, 5.41) is 11.3. The van der Waals surface area contributed by atoms with Crippen LogP contribution in [0.15, 0.2) is 18.2 Å². The van der Waals surface area contributed by atoms with Gasteiger partial charge >= 0.3 is 18.2 Å². The van der Waals surface area contributed by atoms with Gasteiger partial charge in [0.2, 0.25) is 0 Å².